The largest absolute Gasteiger partial charge is 0.340 e. The second-order valence-corrected chi connectivity index (χ2v) is 7.39. The molecule has 26 heavy (non-hydrogen) atoms. The Morgan fingerprint density at radius 2 is 2.00 bits per heavy atom. The van der Waals surface area contributed by atoms with Gasteiger partial charge in [0, 0.05) is 31.2 Å². The molecule has 3 aliphatic rings. The third kappa shape index (κ3) is 3.79. The number of hydrogen-bond acceptors (Lipinski definition) is 2. The van der Waals surface area contributed by atoms with E-state index in [1.807, 2.05) is 24.8 Å². The lowest BCUT2D eigenvalue weighted by Gasteiger charge is -2.35. The van der Waals surface area contributed by atoms with Crippen LogP contribution in [0.2, 0.25) is 0 Å². The van der Waals surface area contributed by atoms with Crippen LogP contribution in [-0.2, 0) is 16.0 Å². The van der Waals surface area contributed by atoms with E-state index in [4.69, 9.17) is 0 Å². The zero-order chi connectivity index (χ0) is 18.8. The van der Waals surface area contributed by atoms with Crippen LogP contribution in [0.3, 0.4) is 0 Å². The fraction of sp³-hybridized carbons (Fsp3) is 0.500. The molecule has 1 aromatic rings. The summed E-state index contributed by atoms with van der Waals surface area (Å²) >= 11 is 0. The average Bonchev–Trinajstić information content (AvgIpc) is 2.88. The molecular formula is C20H24F2N2O2. The van der Waals surface area contributed by atoms with E-state index in [0.717, 1.165) is 24.5 Å². The molecule has 2 unspecified atom stereocenters. The number of allylic oxidation sites excluding steroid dienone is 1. The van der Waals surface area contributed by atoms with E-state index in [2.05, 4.69) is 0 Å². The van der Waals surface area contributed by atoms with E-state index in [1.165, 1.54) is 12.1 Å². The summed E-state index contributed by atoms with van der Waals surface area (Å²) in [5.74, 6) is -2.30. The van der Waals surface area contributed by atoms with E-state index in [-0.39, 0.29) is 35.8 Å². The van der Waals surface area contributed by atoms with Crippen molar-refractivity contribution in [3.63, 3.8) is 0 Å². The predicted molar refractivity (Wildman–Crippen MR) is 94.3 cm³/mol. The molecule has 2 amide bonds. The summed E-state index contributed by atoms with van der Waals surface area (Å²) in [6, 6.07) is 3.85. The van der Waals surface area contributed by atoms with Crippen molar-refractivity contribution in [2.75, 3.05) is 19.6 Å². The molecule has 3 heterocycles. The summed E-state index contributed by atoms with van der Waals surface area (Å²) in [6.07, 6.45) is 3.47. The van der Waals surface area contributed by atoms with E-state index >= 15 is 0 Å². The lowest BCUT2D eigenvalue weighted by atomic mass is 9.94. The van der Waals surface area contributed by atoms with Gasteiger partial charge in [-0.25, -0.2) is 8.78 Å². The maximum Gasteiger partial charge on any atom is 0.228 e. The summed E-state index contributed by atoms with van der Waals surface area (Å²) in [5.41, 5.74) is 1.20. The summed E-state index contributed by atoms with van der Waals surface area (Å²) in [7, 11) is 0. The molecule has 0 aromatic heterocycles. The van der Waals surface area contributed by atoms with Crippen LogP contribution in [0.4, 0.5) is 8.78 Å². The number of carbonyl (C=O) groups is 2. The second-order valence-electron chi connectivity index (χ2n) is 7.39. The molecule has 0 N–H and O–H groups in total. The Bertz CT molecular complexity index is 743. The van der Waals surface area contributed by atoms with Gasteiger partial charge in [-0.2, -0.15) is 0 Å². The van der Waals surface area contributed by atoms with Crippen LogP contribution in [0.1, 0.15) is 32.3 Å². The fourth-order valence-corrected chi connectivity index (χ4v) is 3.72. The number of amides is 2. The first kappa shape index (κ1) is 18.5. The lowest BCUT2D eigenvalue weighted by molar-refractivity contribution is -0.139. The molecule has 140 valence electrons. The van der Waals surface area contributed by atoms with E-state index in [1.54, 1.807) is 4.90 Å². The average molecular weight is 362 g/mol. The Hall–Kier alpha value is -2.24. The molecule has 0 saturated carbocycles. The Morgan fingerprint density at radius 3 is 2.73 bits per heavy atom. The summed E-state index contributed by atoms with van der Waals surface area (Å²) in [5, 5.41) is 0. The number of fused-ring (bicyclic) bond motifs is 4. The van der Waals surface area contributed by atoms with Crippen molar-refractivity contribution in [1.82, 2.24) is 9.80 Å². The Morgan fingerprint density at radius 1 is 1.23 bits per heavy atom. The SMILES string of the molecule is CC(C)=CCN1C(=O)C2CCC1CN(C(=O)Cc1cccc(F)c1F)C2. The number of benzene rings is 1. The molecule has 4 rings (SSSR count). The van der Waals surface area contributed by atoms with Gasteiger partial charge >= 0.3 is 0 Å². The van der Waals surface area contributed by atoms with Gasteiger partial charge in [-0.1, -0.05) is 23.8 Å². The molecule has 0 radical (unpaired) electrons. The maximum atomic E-state index is 13.9. The third-order valence-electron chi connectivity index (χ3n) is 5.22. The van der Waals surface area contributed by atoms with E-state index < -0.39 is 11.6 Å². The van der Waals surface area contributed by atoms with Crippen molar-refractivity contribution in [2.24, 2.45) is 5.92 Å². The number of piperidine rings is 1. The number of nitrogens with zero attached hydrogens (tertiary/aromatic N) is 2. The van der Waals surface area contributed by atoms with Crippen LogP contribution < -0.4 is 0 Å². The summed E-state index contributed by atoms with van der Waals surface area (Å²) in [6.45, 7) is 5.35. The molecule has 0 spiro atoms. The van der Waals surface area contributed by atoms with Crippen molar-refractivity contribution in [2.45, 2.75) is 39.2 Å². The van der Waals surface area contributed by atoms with Crippen molar-refractivity contribution < 1.29 is 18.4 Å². The predicted octanol–water partition coefficient (Wildman–Crippen LogP) is 2.92. The first-order valence-electron chi connectivity index (χ1n) is 9.01. The smallest absolute Gasteiger partial charge is 0.228 e. The monoisotopic (exact) mass is 362 g/mol. The van der Waals surface area contributed by atoms with E-state index in [0.29, 0.717) is 19.6 Å². The number of rotatable bonds is 4. The summed E-state index contributed by atoms with van der Waals surface area (Å²) in [4.78, 5) is 28.9. The maximum absolute atomic E-state index is 13.9. The van der Waals surface area contributed by atoms with Crippen LogP contribution in [-0.4, -0.2) is 47.3 Å². The van der Waals surface area contributed by atoms with Crippen LogP contribution in [0.5, 0.6) is 0 Å². The number of hydrogen-bond donors (Lipinski definition) is 0. The van der Waals surface area contributed by atoms with Gasteiger partial charge in [-0.15, -0.1) is 0 Å². The van der Waals surface area contributed by atoms with Gasteiger partial charge in [0.2, 0.25) is 11.8 Å². The topological polar surface area (TPSA) is 40.6 Å². The molecule has 3 saturated heterocycles. The van der Waals surface area contributed by atoms with Crippen molar-refractivity contribution in [3.05, 3.63) is 47.0 Å². The molecule has 2 bridgehead atoms. The molecule has 4 nitrogen and oxygen atoms in total. The molecule has 6 heteroatoms. The van der Waals surface area contributed by atoms with Gasteiger partial charge in [0.1, 0.15) is 0 Å². The van der Waals surface area contributed by atoms with Gasteiger partial charge in [0.25, 0.3) is 0 Å². The Balaban J connectivity index is 1.74. The molecular weight excluding hydrogens is 338 g/mol. The summed E-state index contributed by atoms with van der Waals surface area (Å²) < 4.78 is 27.2. The third-order valence-corrected chi connectivity index (χ3v) is 5.22. The zero-order valence-corrected chi connectivity index (χ0v) is 15.2. The number of halogens is 2. The molecule has 3 fully saturated rings. The molecule has 0 aliphatic carbocycles. The minimum absolute atomic E-state index is 0.0156. The van der Waals surface area contributed by atoms with Crippen LogP contribution >= 0.6 is 0 Å². The normalized spacial score (nSPS) is 22.4. The van der Waals surface area contributed by atoms with Gasteiger partial charge in [-0.05, 0) is 32.8 Å². The number of carbonyl (C=O) groups excluding carboxylic acids is 2. The van der Waals surface area contributed by atoms with E-state index in [9.17, 15) is 18.4 Å². The standard InChI is InChI=1S/C20H24F2N2O2/c1-13(2)8-9-24-16-7-6-15(20(24)26)11-23(12-16)18(25)10-14-4-3-5-17(21)19(14)22/h3-5,8,15-16H,6-7,9-12H2,1-2H3. The molecule has 2 atom stereocenters. The minimum atomic E-state index is -0.972. The van der Waals surface area contributed by atoms with Crippen LogP contribution in [0.25, 0.3) is 0 Å². The first-order valence-corrected chi connectivity index (χ1v) is 9.01. The fourth-order valence-electron chi connectivity index (χ4n) is 3.72. The molecule has 3 aliphatic heterocycles. The minimum Gasteiger partial charge on any atom is -0.340 e. The lowest BCUT2D eigenvalue weighted by Crippen LogP contribution is -2.48. The van der Waals surface area contributed by atoms with Crippen LogP contribution in [0.15, 0.2) is 29.8 Å². The van der Waals surface area contributed by atoms with Gasteiger partial charge in [0.05, 0.1) is 12.3 Å². The van der Waals surface area contributed by atoms with Crippen LogP contribution in [0, 0.1) is 17.6 Å². The highest BCUT2D eigenvalue weighted by Gasteiger charge is 2.41. The Labute approximate surface area is 152 Å². The van der Waals surface area contributed by atoms with Gasteiger partial charge in [-0.3, -0.25) is 9.59 Å². The van der Waals surface area contributed by atoms with Gasteiger partial charge in [0.15, 0.2) is 11.6 Å². The zero-order valence-electron chi connectivity index (χ0n) is 15.2. The highest BCUT2D eigenvalue weighted by Crippen LogP contribution is 2.29. The Kier molecular flexibility index (Phi) is 5.39. The highest BCUT2D eigenvalue weighted by atomic mass is 19.2. The van der Waals surface area contributed by atoms with Crippen molar-refractivity contribution >= 4 is 11.8 Å². The first-order chi connectivity index (χ1) is 12.4. The second kappa shape index (κ2) is 7.56. The van der Waals surface area contributed by atoms with Crippen molar-refractivity contribution in [3.8, 4) is 0 Å². The quantitative estimate of drug-likeness (QED) is 0.773. The van der Waals surface area contributed by atoms with Crippen molar-refractivity contribution in [1.29, 1.82) is 0 Å². The molecule has 1 aromatic carbocycles. The van der Waals surface area contributed by atoms with Gasteiger partial charge < -0.3 is 9.80 Å². The highest BCUT2D eigenvalue weighted by molar-refractivity contribution is 5.84.